The molecule has 6 rings (SSSR count). The van der Waals surface area contributed by atoms with Gasteiger partial charge in [-0.2, -0.15) is 0 Å². The standard InChI is InChI=1S/C46H78O4/c1-8-9-10-11-12-13-14-15-16-17-18-19-20-21-22-23-42(47)48-38-28-31-44(7)41-29-30-43(6)39(37(5)25-24-36(4)35(2)3)26-27-40(43)46(41)33-32-45(44,34-38)49-50-46/h24-25,32-33,35-41H,8-23,26-31,34H2,1-7H3/t36-,37+,38-,39+,40?,41?,43+,44+,45+,46-/m0/s1. The molecule has 4 nitrogen and oxygen atoms in total. The van der Waals surface area contributed by atoms with Crippen LogP contribution in [0.2, 0.25) is 0 Å². The predicted molar refractivity (Wildman–Crippen MR) is 208 cm³/mol. The highest BCUT2D eigenvalue weighted by Crippen LogP contribution is 2.73. The number of rotatable bonds is 21. The molecule has 2 aliphatic heterocycles. The molecule has 2 bridgehead atoms. The van der Waals surface area contributed by atoms with Crippen LogP contribution in [0.1, 0.15) is 196 Å². The Kier molecular flexibility index (Phi) is 14.3. The Balaban J connectivity index is 1.04. The number of hydrogen-bond donors (Lipinski definition) is 0. The third-order valence-electron chi connectivity index (χ3n) is 15.4. The highest BCUT2D eigenvalue weighted by molar-refractivity contribution is 5.69. The van der Waals surface area contributed by atoms with E-state index in [-0.39, 0.29) is 28.5 Å². The molecule has 0 N–H and O–H groups in total. The summed E-state index contributed by atoms with van der Waals surface area (Å²) in [6.45, 7) is 16.8. The summed E-state index contributed by atoms with van der Waals surface area (Å²) in [6.07, 6.45) is 37.9. The van der Waals surface area contributed by atoms with Crippen molar-refractivity contribution in [2.24, 2.45) is 46.3 Å². The van der Waals surface area contributed by atoms with Crippen molar-refractivity contribution in [2.75, 3.05) is 0 Å². The van der Waals surface area contributed by atoms with Crippen LogP contribution in [-0.4, -0.2) is 23.3 Å². The number of carbonyl (C=O) groups is 1. The lowest BCUT2D eigenvalue weighted by Crippen LogP contribution is -2.73. The van der Waals surface area contributed by atoms with Gasteiger partial charge in [0.05, 0.1) is 0 Å². The van der Waals surface area contributed by atoms with E-state index in [1.54, 1.807) is 0 Å². The summed E-state index contributed by atoms with van der Waals surface area (Å²) in [5, 5.41) is 0. The lowest BCUT2D eigenvalue weighted by Gasteiger charge is -2.69. The van der Waals surface area contributed by atoms with Gasteiger partial charge in [-0.3, -0.25) is 4.79 Å². The third kappa shape index (κ3) is 8.48. The number of fused-ring (bicyclic) bond motifs is 2. The number of unbranched alkanes of at least 4 members (excludes halogenated alkanes) is 14. The molecule has 50 heavy (non-hydrogen) atoms. The molecule has 0 radical (unpaired) electrons. The maximum Gasteiger partial charge on any atom is 0.306 e. The van der Waals surface area contributed by atoms with Crippen molar-refractivity contribution in [1.29, 1.82) is 0 Å². The molecule has 2 heterocycles. The lowest BCUT2D eigenvalue weighted by molar-refractivity contribution is -0.497. The Hall–Kier alpha value is -1.13. The average Bonchev–Trinajstić information content (AvgIpc) is 3.46. The molecule has 2 unspecified atom stereocenters. The van der Waals surface area contributed by atoms with Crippen LogP contribution in [-0.2, 0) is 19.3 Å². The van der Waals surface area contributed by atoms with Gasteiger partial charge in [0.1, 0.15) is 17.3 Å². The van der Waals surface area contributed by atoms with Crippen LogP contribution in [0.15, 0.2) is 24.3 Å². The van der Waals surface area contributed by atoms with E-state index in [2.05, 4.69) is 72.8 Å². The molecule has 4 fully saturated rings. The topological polar surface area (TPSA) is 44.8 Å². The molecule has 2 spiro atoms. The average molecular weight is 695 g/mol. The second kappa shape index (κ2) is 17.8. The first-order valence-electron chi connectivity index (χ1n) is 22.0. The Morgan fingerprint density at radius 3 is 1.94 bits per heavy atom. The summed E-state index contributed by atoms with van der Waals surface area (Å²) in [6, 6.07) is 0. The van der Waals surface area contributed by atoms with E-state index in [9.17, 15) is 4.79 Å². The number of carbonyl (C=O) groups excluding carboxylic acids is 1. The normalized spacial score (nSPS) is 37.1. The van der Waals surface area contributed by atoms with Gasteiger partial charge in [0.25, 0.3) is 0 Å². The summed E-state index contributed by atoms with van der Waals surface area (Å²) in [7, 11) is 0. The first kappa shape index (κ1) is 40.1. The van der Waals surface area contributed by atoms with E-state index < -0.39 is 5.60 Å². The van der Waals surface area contributed by atoms with Crippen LogP contribution in [0, 0.1) is 46.3 Å². The van der Waals surface area contributed by atoms with E-state index in [1.807, 2.05) is 0 Å². The van der Waals surface area contributed by atoms with Gasteiger partial charge < -0.3 is 4.74 Å². The summed E-state index contributed by atoms with van der Waals surface area (Å²) >= 11 is 0. The zero-order chi connectivity index (χ0) is 35.8. The van der Waals surface area contributed by atoms with Crippen LogP contribution in [0.4, 0.5) is 0 Å². The van der Waals surface area contributed by atoms with Crippen LogP contribution >= 0.6 is 0 Å². The van der Waals surface area contributed by atoms with Crippen LogP contribution < -0.4 is 0 Å². The van der Waals surface area contributed by atoms with Crippen molar-refractivity contribution >= 4 is 5.97 Å². The highest BCUT2D eigenvalue weighted by atomic mass is 17.2. The van der Waals surface area contributed by atoms with Crippen molar-refractivity contribution < 1.29 is 19.3 Å². The fourth-order valence-electron chi connectivity index (χ4n) is 11.7. The fraction of sp³-hybridized carbons (Fsp3) is 0.891. The van der Waals surface area contributed by atoms with E-state index in [0.717, 1.165) is 32.1 Å². The SMILES string of the molecule is CCCCCCCCCCCCCCCCCC(=O)O[C@H]1CC[C@]2(C)C3CC[C@@]4(C)C(CC[C@@H]4[C@H](C)C=C[C@H](C)C(C)C)[C@@]34C=C[C@]2(C1)OO4. The maximum absolute atomic E-state index is 13.0. The quantitative estimate of drug-likeness (QED) is 0.0519. The van der Waals surface area contributed by atoms with Gasteiger partial charge in [-0.25, -0.2) is 9.78 Å². The number of esters is 1. The lowest BCUT2D eigenvalue weighted by atomic mass is 9.42. The molecule has 0 aromatic rings. The predicted octanol–water partition coefficient (Wildman–Crippen LogP) is 13.3. The first-order valence-corrected chi connectivity index (χ1v) is 22.0. The Morgan fingerprint density at radius 1 is 0.740 bits per heavy atom. The molecule has 0 aromatic heterocycles. The number of allylic oxidation sites excluding steroid dienone is 2. The third-order valence-corrected chi connectivity index (χ3v) is 15.4. The van der Waals surface area contributed by atoms with Crippen LogP contribution in [0.3, 0.4) is 0 Å². The summed E-state index contributed by atoms with van der Waals surface area (Å²) in [5.74, 6) is 3.46. The van der Waals surface area contributed by atoms with E-state index in [0.29, 0.717) is 41.9 Å². The molecule has 1 saturated heterocycles. The molecule has 0 aromatic carbocycles. The van der Waals surface area contributed by atoms with Crippen molar-refractivity contribution in [3.63, 3.8) is 0 Å². The summed E-state index contributed by atoms with van der Waals surface area (Å²) in [4.78, 5) is 26.3. The van der Waals surface area contributed by atoms with Crippen LogP contribution in [0.25, 0.3) is 0 Å². The molecule has 286 valence electrons. The molecule has 4 aliphatic carbocycles. The second-order valence-electron chi connectivity index (χ2n) is 18.9. The van der Waals surface area contributed by atoms with Gasteiger partial charge in [-0.1, -0.05) is 157 Å². The Labute approximate surface area is 308 Å². The first-order chi connectivity index (χ1) is 24.0. The molecular formula is C46H78O4. The van der Waals surface area contributed by atoms with Gasteiger partial charge in [0, 0.05) is 30.1 Å². The van der Waals surface area contributed by atoms with Crippen molar-refractivity contribution in [3.05, 3.63) is 24.3 Å². The van der Waals surface area contributed by atoms with Gasteiger partial charge in [0.2, 0.25) is 0 Å². The molecule has 0 amide bonds. The molecule has 3 saturated carbocycles. The minimum atomic E-state index is -0.494. The minimum Gasteiger partial charge on any atom is -0.462 e. The van der Waals surface area contributed by atoms with E-state index in [1.165, 1.54) is 109 Å². The van der Waals surface area contributed by atoms with Gasteiger partial charge in [-0.15, -0.1) is 0 Å². The zero-order valence-corrected chi connectivity index (χ0v) is 33.7. The van der Waals surface area contributed by atoms with Crippen molar-refractivity contribution in [1.82, 2.24) is 0 Å². The largest absolute Gasteiger partial charge is 0.462 e. The van der Waals surface area contributed by atoms with Gasteiger partial charge >= 0.3 is 5.97 Å². The maximum atomic E-state index is 13.0. The molecular weight excluding hydrogens is 617 g/mol. The zero-order valence-electron chi connectivity index (χ0n) is 33.7. The smallest absolute Gasteiger partial charge is 0.306 e. The Bertz CT molecular complexity index is 1130. The van der Waals surface area contributed by atoms with Crippen LogP contribution in [0.5, 0.6) is 0 Å². The van der Waals surface area contributed by atoms with Crippen molar-refractivity contribution in [3.8, 4) is 0 Å². The number of ether oxygens (including phenoxy) is 1. The fourth-order valence-corrected chi connectivity index (χ4v) is 11.7. The Morgan fingerprint density at radius 2 is 1.36 bits per heavy atom. The van der Waals surface area contributed by atoms with E-state index >= 15 is 0 Å². The molecule has 10 atom stereocenters. The monoisotopic (exact) mass is 695 g/mol. The van der Waals surface area contributed by atoms with E-state index in [4.69, 9.17) is 14.5 Å². The minimum absolute atomic E-state index is 0.00872. The number of hydrogen-bond acceptors (Lipinski definition) is 4. The van der Waals surface area contributed by atoms with Gasteiger partial charge in [-0.05, 0) is 80.1 Å². The molecule has 4 heteroatoms. The summed E-state index contributed by atoms with van der Waals surface area (Å²) in [5.41, 5.74) is -0.562. The summed E-state index contributed by atoms with van der Waals surface area (Å²) < 4.78 is 6.15. The molecule has 6 aliphatic rings. The van der Waals surface area contributed by atoms with Gasteiger partial charge in [0.15, 0.2) is 0 Å². The highest BCUT2D eigenvalue weighted by Gasteiger charge is 2.74. The van der Waals surface area contributed by atoms with Crippen molar-refractivity contribution in [2.45, 2.75) is 213 Å². The second-order valence-corrected chi connectivity index (χ2v) is 18.9.